The second kappa shape index (κ2) is 11.2. The van der Waals surface area contributed by atoms with Gasteiger partial charge >= 0.3 is 0 Å². The molecule has 0 radical (unpaired) electrons. The molecule has 1 fully saturated rings. The first-order chi connectivity index (χ1) is 13.9. The van der Waals surface area contributed by atoms with E-state index in [0.717, 1.165) is 42.5 Å². The van der Waals surface area contributed by atoms with E-state index >= 15 is 0 Å². The molecule has 7 nitrogen and oxygen atoms in total. The Morgan fingerprint density at radius 3 is 2.45 bits per heavy atom. The predicted octanol–water partition coefficient (Wildman–Crippen LogP) is 2.63. The summed E-state index contributed by atoms with van der Waals surface area (Å²) in [6, 6.07) is 13.6. The predicted molar refractivity (Wildman–Crippen MR) is 111 cm³/mol. The van der Waals surface area contributed by atoms with Crippen molar-refractivity contribution >= 4 is 11.9 Å². The molecular weight excluding hydrogens is 370 g/mol. The highest BCUT2D eigenvalue weighted by molar-refractivity contribution is 5.79. The molecule has 1 unspecified atom stereocenters. The van der Waals surface area contributed by atoms with Gasteiger partial charge in [-0.3, -0.25) is 14.6 Å². The summed E-state index contributed by atoms with van der Waals surface area (Å²) in [4.78, 5) is 26.1. The van der Waals surface area contributed by atoms with Crippen molar-refractivity contribution in [2.45, 2.75) is 39.2 Å². The van der Waals surface area contributed by atoms with Crippen LogP contribution in [0, 0.1) is 12.8 Å². The second-order valence-corrected chi connectivity index (χ2v) is 7.06. The molecule has 156 valence electrons. The van der Waals surface area contributed by atoms with Gasteiger partial charge in [-0.15, -0.1) is 0 Å². The van der Waals surface area contributed by atoms with Crippen LogP contribution in [-0.2, 0) is 16.0 Å². The summed E-state index contributed by atoms with van der Waals surface area (Å²) in [5.41, 5.74) is 8.32. The summed E-state index contributed by atoms with van der Waals surface area (Å²) in [7, 11) is 0. The molecular formula is C22H29N3O4. The third kappa shape index (κ3) is 8.31. The molecule has 3 rings (SSSR count). The van der Waals surface area contributed by atoms with E-state index in [4.69, 9.17) is 20.4 Å². The Kier molecular flexibility index (Phi) is 8.61. The maximum atomic E-state index is 12.5. The molecule has 1 aliphatic carbocycles. The fourth-order valence-corrected chi connectivity index (χ4v) is 2.89. The van der Waals surface area contributed by atoms with Gasteiger partial charge < -0.3 is 20.9 Å². The number of nitrogens with two attached hydrogens (primary N) is 1. The van der Waals surface area contributed by atoms with Crippen LogP contribution in [0.25, 0.3) is 0 Å². The summed E-state index contributed by atoms with van der Waals surface area (Å²) in [5.74, 6) is 0.468. The van der Waals surface area contributed by atoms with Crippen LogP contribution < -0.4 is 15.8 Å². The molecule has 7 heteroatoms. The number of carbonyl (C=O) groups is 2. The summed E-state index contributed by atoms with van der Waals surface area (Å²) in [5, 5.41) is 10.6. The lowest BCUT2D eigenvalue weighted by Crippen LogP contribution is -2.31. The van der Waals surface area contributed by atoms with Crippen LogP contribution in [0.2, 0.25) is 0 Å². The number of carbonyl (C=O) groups excluding carboxylic acids is 1. The van der Waals surface area contributed by atoms with Crippen molar-refractivity contribution < 1.29 is 19.4 Å². The zero-order valence-corrected chi connectivity index (χ0v) is 16.9. The summed E-state index contributed by atoms with van der Waals surface area (Å²) in [6.45, 7) is 4.04. The van der Waals surface area contributed by atoms with Crippen molar-refractivity contribution in [3.8, 4) is 5.75 Å². The van der Waals surface area contributed by atoms with Gasteiger partial charge in [-0.25, -0.2) is 0 Å². The van der Waals surface area contributed by atoms with Crippen molar-refractivity contribution in [3.63, 3.8) is 0 Å². The maximum absolute atomic E-state index is 12.5. The van der Waals surface area contributed by atoms with Crippen molar-refractivity contribution in [1.29, 1.82) is 0 Å². The van der Waals surface area contributed by atoms with E-state index in [2.05, 4.69) is 10.3 Å². The number of aromatic nitrogens is 1. The highest BCUT2D eigenvalue weighted by Crippen LogP contribution is 2.40. The highest BCUT2D eigenvalue weighted by Gasteiger charge is 2.34. The molecule has 29 heavy (non-hydrogen) atoms. The number of carboxylic acid groups (broad SMARTS) is 1. The van der Waals surface area contributed by atoms with Crippen molar-refractivity contribution in [2.24, 2.45) is 11.7 Å². The lowest BCUT2D eigenvalue weighted by Gasteiger charge is -2.18. The molecule has 1 aromatic heterocycles. The van der Waals surface area contributed by atoms with Crippen LogP contribution in [-0.4, -0.2) is 35.1 Å². The lowest BCUT2D eigenvalue weighted by atomic mass is 10.1. The number of hydrogen-bond acceptors (Lipinski definition) is 5. The Morgan fingerprint density at radius 2 is 1.90 bits per heavy atom. The molecule has 0 saturated heterocycles. The third-order valence-corrected chi connectivity index (χ3v) is 4.31. The zero-order valence-electron chi connectivity index (χ0n) is 16.9. The van der Waals surface area contributed by atoms with Gasteiger partial charge in [0.1, 0.15) is 12.4 Å². The highest BCUT2D eigenvalue weighted by atomic mass is 16.5. The minimum Gasteiger partial charge on any atom is -0.492 e. The SMILES string of the molecule is CC(=O)O.Cc1cccc(C(NC(=O)Cc2ccc(OCCN)cc2)C2CC2)n1. The van der Waals surface area contributed by atoms with Gasteiger partial charge in [0.2, 0.25) is 5.91 Å². The first-order valence-corrected chi connectivity index (χ1v) is 9.73. The quantitative estimate of drug-likeness (QED) is 0.629. The molecule has 1 amide bonds. The topological polar surface area (TPSA) is 115 Å². The maximum Gasteiger partial charge on any atom is 0.300 e. The second-order valence-electron chi connectivity index (χ2n) is 7.06. The van der Waals surface area contributed by atoms with Gasteiger partial charge in [-0.1, -0.05) is 18.2 Å². The molecule has 4 N–H and O–H groups in total. The summed E-state index contributed by atoms with van der Waals surface area (Å²) < 4.78 is 5.45. The molecule has 1 heterocycles. The molecule has 1 saturated carbocycles. The molecule has 0 spiro atoms. The van der Waals surface area contributed by atoms with Gasteiger partial charge in [0.25, 0.3) is 5.97 Å². The Labute approximate surface area is 171 Å². The van der Waals surface area contributed by atoms with Crippen LogP contribution in [0.5, 0.6) is 5.75 Å². The summed E-state index contributed by atoms with van der Waals surface area (Å²) in [6.07, 6.45) is 2.65. The number of nitrogens with zero attached hydrogens (tertiary/aromatic N) is 1. The first kappa shape index (κ1) is 22.4. The molecule has 1 atom stereocenters. The van der Waals surface area contributed by atoms with Gasteiger partial charge in [0, 0.05) is 19.2 Å². The van der Waals surface area contributed by atoms with Gasteiger partial charge in [0.15, 0.2) is 0 Å². The van der Waals surface area contributed by atoms with Crippen LogP contribution in [0.3, 0.4) is 0 Å². The normalized spacial score (nSPS) is 13.6. The molecule has 1 aromatic carbocycles. The number of aryl methyl sites for hydroxylation is 1. The number of carboxylic acids is 1. The number of nitrogens with one attached hydrogen (secondary N) is 1. The molecule has 0 aliphatic heterocycles. The fraction of sp³-hybridized carbons (Fsp3) is 0.409. The van der Waals surface area contributed by atoms with Gasteiger partial charge in [-0.05, 0) is 55.5 Å². The van der Waals surface area contributed by atoms with E-state index in [9.17, 15) is 4.79 Å². The van der Waals surface area contributed by atoms with Crippen molar-refractivity contribution in [1.82, 2.24) is 10.3 Å². The zero-order chi connectivity index (χ0) is 21.2. The van der Waals surface area contributed by atoms with Crippen LogP contribution in [0.4, 0.5) is 0 Å². The van der Waals surface area contributed by atoms with Crippen molar-refractivity contribution in [2.75, 3.05) is 13.2 Å². The number of ether oxygens (including phenoxy) is 1. The lowest BCUT2D eigenvalue weighted by molar-refractivity contribution is -0.134. The first-order valence-electron chi connectivity index (χ1n) is 9.73. The third-order valence-electron chi connectivity index (χ3n) is 4.31. The van der Waals surface area contributed by atoms with E-state index in [1.807, 2.05) is 49.4 Å². The molecule has 2 aromatic rings. The van der Waals surface area contributed by atoms with Gasteiger partial charge in [0.05, 0.1) is 18.2 Å². The number of hydrogen-bond donors (Lipinski definition) is 3. The average molecular weight is 399 g/mol. The van der Waals surface area contributed by atoms with Crippen LogP contribution >= 0.6 is 0 Å². The fourth-order valence-electron chi connectivity index (χ4n) is 2.89. The number of benzene rings is 1. The van der Waals surface area contributed by atoms with E-state index in [0.29, 0.717) is 25.5 Å². The Balaban J connectivity index is 0.000000687. The number of pyridine rings is 1. The Hall–Kier alpha value is -2.93. The number of amides is 1. The van der Waals surface area contributed by atoms with Crippen LogP contribution in [0.1, 0.15) is 42.8 Å². The largest absolute Gasteiger partial charge is 0.492 e. The Morgan fingerprint density at radius 1 is 1.24 bits per heavy atom. The van der Waals surface area contributed by atoms with Crippen molar-refractivity contribution in [3.05, 3.63) is 59.4 Å². The monoisotopic (exact) mass is 399 g/mol. The number of aliphatic carboxylic acids is 1. The minimum atomic E-state index is -0.833. The number of rotatable bonds is 8. The van der Waals surface area contributed by atoms with E-state index in [1.54, 1.807) is 0 Å². The smallest absolute Gasteiger partial charge is 0.300 e. The summed E-state index contributed by atoms with van der Waals surface area (Å²) >= 11 is 0. The minimum absolute atomic E-state index is 0.0135. The Bertz CT molecular complexity index is 800. The van der Waals surface area contributed by atoms with Gasteiger partial charge in [-0.2, -0.15) is 0 Å². The molecule has 0 bridgehead atoms. The standard InChI is InChI=1S/C20H25N3O2.C2H4O2/c1-14-3-2-4-18(22-14)20(16-7-8-16)23-19(24)13-15-5-9-17(10-6-15)25-12-11-21;1-2(3)4/h2-6,9-10,16,20H,7-8,11-13,21H2,1H3,(H,23,24);1H3,(H,3,4). The molecule has 1 aliphatic rings. The van der Waals surface area contributed by atoms with Crippen LogP contribution in [0.15, 0.2) is 42.5 Å². The van der Waals surface area contributed by atoms with E-state index in [-0.39, 0.29) is 11.9 Å². The van der Waals surface area contributed by atoms with E-state index in [1.165, 1.54) is 0 Å². The average Bonchev–Trinajstić information content (AvgIpc) is 3.50. The van der Waals surface area contributed by atoms with E-state index < -0.39 is 5.97 Å².